The predicted octanol–water partition coefficient (Wildman–Crippen LogP) is 1.03. The van der Waals surface area contributed by atoms with E-state index in [0.717, 1.165) is 17.6 Å². The molecule has 1 fully saturated rings. The molecule has 1 unspecified atom stereocenters. The van der Waals surface area contributed by atoms with E-state index < -0.39 is 17.0 Å². The summed E-state index contributed by atoms with van der Waals surface area (Å²) in [4.78, 5) is 23.8. The Labute approximate surface area is 160 Å². The summed E-state index contributed by atoms with van der Waals surface area (Å²) in [5.41, 5.74) is 4.69. The molecule has 0 radical (unpaired) electrons. The Morgan fingerprint density at radius 3 is 2.85 bits per heavy atom. The summed E-state index contributed by atoms with van der Waals surface area (Å²) in [6.45, 7) is 4.06. The maximum Gasteiger partial charge on any atom is 0.225 e. The number of aromatic nitrogens is 4. The fraction of sp³-hybridized carbons (Fsp3) is 0.471. The van der Waals surface area contributed by atoms with Crippen molar-refractivity contribution >= 4 is 22.9 Å². The third kappa shape index (κ3) is 3.12. The second kappa shape index (κ2) is 6.38. The monoisotopic (exact) mass is 389 g/mol. The number of aliphatic imine (C=N–C) groups is 1. The first-order valence-electron chi connectivity index (χ1n) is 8.54. The number of nitrogens with zero attached hydrogens (tertiary/aromatic N) is 6. The van der Waals surface area contributed by atoms with E-state index in [1.165, 1.54) is 25.6 Å². The van der Waals surface area contributed by atoms with E-state index in [1.807, 2.05) is 4.90 Å². The Morgan fingerprint density at radius 1 is 1.33 bits per heavy atom. The average molecular weight is 389 g/mol. The Kier molecular flexibility index (Phi) is 4.26. The lowest BCUT2D eigenvalue weighted by Crippen LogP contribution is -2.40. The summed E-state index contributed by atoms with van der Waals surface area (Å²) >= 11 is 1.51. The molecule has 4 heterocycles. The average Bonchev–Trinajstić information content (AvgIpc) is 3.02. The number of anilines is 1. The van der Waals surface area contributed by atoms with Crippen LogP contribution in [0.15, 0.2) is 29.8 Å². The molecule has 10 heteroatoms. The van der Waals surface area contributed by atoms with Crippen LogP contribution in [0.2, 0.25) is 0 Å². The first kappa shape index (κ1) is 18.1. The number of thioether (sulfide) groups is 1. The normalized spacial score (nSPS) is 25.3. The molecule has 2 atom stereocenters. The van der Waals surface area contributed by atoms with Crippen molar-refractivity contribution < 1.29 is 9.50 Å². The van der Waals surface area contributed by atoms with Crippen molar-refractivity contribution in [1.82, 2.24) is 19.9 Å². The molecule has 0 aliphatic carbocycles. The third-order valence-corrected chi connectivity index (χ3v) is 5.85. The minimum atomic E-state index is -1.41. The van der Waals surface area contributed by atoms with Gasteiger partial charge in [0.25, 0.3) is 0 Å². The van der Waals surface area contributed by atoms with Crippen LogP contribution in [0.1, 0.15) is 25.2 Å². The van der Waals surface area contributed by atoms with Crippen molar-refractivity contribution in [2.75, 3.05) is 23.7 Å². The molecule has 142 valence electrons. The minimum Gasteiger partial charge on any atom is -0.384 e. The highest BCUT2D eigenvalue weighted by Crippen LogP contribution is 2.45. The maximum atomic E-state index is 14.1. The number of aliphatic hydroxyl groups is 1. The van der Waals surface area contributed by atoms with Gasteiger partial charge < -0.3 is 15.7 Å². The zero-order chi connectivity index (χ0) is 19.2. The summed E-state index contributed by atoms with van der Waals surface area (Å²) in [7, 11) is 0. The van der Waals surface area contributed by atoms with Gasteiger partial charge in [-0.3, -0.25) is 9.97 Å². The Morgan fingerprint density at radius 2 is 2.15 bits per heavy atom. The molecule has 2 aliphatic rings. The van der Waals surface area contributed by atoms with Crippen LogP contribution in [-0.2, 0) is 11.1 Å². The van der Waals surface area contributed by atoms with Crippen molar-refractivity contribution in [2.24, 2.45) is 16.6 Å². The summed E-state index contributed by atoms with van der Waals surface area (Å²) in [6, 6.07) is 0. The molecule has 0 bridgehead atoms. The van der Waals surface area contributed by atoms with Crippen LogP contribution in [0.4, 0.5) is 10.3 Å². The molecule has 2 aliphatic heterocycles. The number of amidine groups is 1. The Hall–Kier alpha value is -2.33. The zero-order valence-electron chi connectivity index (χ0n) is 15.0. The molecular weight excluding hydrogens is 369 g/mol. The molecule has 2 aromatic heterocycles. The largest absolute Gasteiger partial charge is 0.384 e. The van der Waals surface area contributed by atoms with Crippen LogP contribution in [0.3, 0.4) is 0 Å². The number of hydrogen-bond donors (Lipinski definition) is 2. The smallest absolute Gasteiger partial charge is 0.225 e. The topological polar surface area (TPSA) is 113 Å². The quantitative estimate of drug-likeness (QED) is 0.800. The highest BCUT2D eigenvalue weighted by Gasteiger charge is 2.52. The van der Waals surface area contributed by atoms with Crippen LogP contribution in [0.25, 0.3) is 0 Å². The summed E-state index contributed by atoms with van der Waals surface area (Å²) in [5, 5.41) is 10.7. The van der Waals surface area contributed by atoms with Gasteiger partial charge in [-0.1, -0.05) is 11.8 Å². The van der Waals surface area contributed by atoms with Gasteiger partial charge in [-0.25, -0.2) is 19.4 Å². The minimum absolute atomic E-state index is 0.0340. The fourth-order valence-corrected chi connectivity index (χ4v) is 4.58. The highest BCUT2D eigenvalue weighted by atomic mass is 32.2. The molecule has 0 aromatic carbocycles. The molecule has 0 spiro atoms. The van der Waals surface area contributed by atoms with E-state index in [2.05, 4.69) is 19.9 Å². The second-order valence-electron chi connectivity index (χ2n) is 7.28. The van der Waals surface area contributed by atoms with E-state index >= 15 is 0 Å². The molecule has 0 amide bonds. The van der Waals surface area contributed by atoms with Gasteiger partial charge in [0.1, 0.15) is 16.8 Å². The first-order valence-corrected chi connectivity index (χ1v) is 9.53. The SMILES string of the molecule is CC(C)(O)c1nc(N2C[C@H]3CSC(N)=NC3(c3cnccn3)C2)ncc1F. The lowest BCUT2D eigenvalue weighted by molar-refractivity contribution is 0.0693. The lowest BCUT2D eigenvalue weighted by Gasteiger charge is -2.33. The second-order valence-corrected chi connectivity index (χ2v) is 8.32. The number of halogens is 1. The number of fused-ring (bicyclic) bond motifs is 1. The Bertz CT molecular complexity index is 889. The number of hydrogen-bond acceptors (Lipinski definition) is 9. The summed E-state index contributed by atoms with van der Waals surface area (Å²) in [5.74, 6) is 0.627. The van der Waals surface area contributed by atoms with Crippen molar-refractivity contribution in [3.05, 3.63) is 42.0 Å². The van der Waals surface area contributed by atoms with Crippen molar-refractivity contribution in [2.45, 2.75) is 25.0 Å². The van der Waals surface area contributed by atoms with Crippen LogP contribution in [-0.4, -0.2) is 49.1 Å². The first-order chi connectivity index (χ1) is 12.8. The van der Waals surface area contributed by atoms with Crippen LogP contribution in [0.5, 0.6) is 0 Å². The molecule has 8 nitrogen and oxygen atoms in total. The van der Waals surface area contributed by atoms with Gasteiger partial charge >= 0.3 is 0 Å². The van der Waals surface area contributed by atoms with E-state index in [0.29, 0.717) is 24.2 Å². The van der Waals surface area contributed by atoms with E-state index in [-0.39, 0.29) is 11.6 Å². The fourth-order valence-electron chi connectivity index (χ4n) is 3.60. The van der Waals surface area contributed by atoms with Crippen molar-refractivity contribution in [3.63, 3.8) is 0 Å². The molecule has 2 aromatic rings. The van der Waals surface area contributed by atoms with Crippen LogP contribution >= 0.6 is 11.8 Å². The molecular formula is C17H20FN7OS. The Balaban J connectivity index is 1.75. The van der Waals surface area contributed by atoms with Crippen molar-refractivity contribution in [3.8, 4) is 0 Å². The lowest BCUT2D eigenvalue weighted by atomic mass is 9.86. The van der Waals surface area contributed by atoms with Gasteiger partial charge in [-0.05, 0) is 13.8 Å². The molecule has 0 saturated carbocycles. The van der Waals surface area contributed by atoms with Gasteiger partial charge in [-0.2, -0.15) is 0 Å². The van der Waals surface area contributed by atoms with E-state index in [9.17, 15) is 9.50 Å². The van der Waals surface area contributed by atoms with Gasteiger partial charge in [0.2, 0.25) is 5.95 Å². The van der Waals surface area contributed by atoms with Crippen LogP contribution < -0.4 is 10.6 Å². The van der Waals surface area contributed by atoms with E-state index in [4.69, 9.17) is 10.7 Å². The van der Waals surface area contributed by atoms with Crippen LogP contribution in [0, 0.1) is 11.7 Å². The molecule has 1 saturated heterocycles. The summed E-state index contributed by atoms with van der Waals surface area (Å²) in [6.07, 6.45) is 6.05. The van der Waals surface area contributed by atoms with Gasteiger partial charge in [0, 0.05) is 30.6 Å². The summed E-state index contributed by atoms with van der Waals surface area (Å²) < 4.78 is 14.1. The van der Waals surface area contributed by atoms with E-state index in [1.54, 1.807) is 18.6 Å². The highest BCUT2D eigenvalue weighted by molar-refractivity contribution is 8.13. The molecule has 4 rings (SSSR count). The molecule has 3 N–H and O–H groups in total. The van der Waals surface area contributed by atoms with Gasteiger partial charge in [-0.15, -0.1) is 0 Å². The third-order valence-electron chi connectivity index (χ3n) is 4.89. The van der Waals surface area contributed by atoms with Crippen molar-refractivity contribution in [1.29, 1.82) is 0 Å². The number of nitrogens with two attached hydrogens (primary N) is 1. The molecule has 27 heavy (non-hydrogen) atoms. The zero-order valence-corrected chi connectivity index (χ0v) is 15.8. The van der Waals surface area contributed by atoms with Gasteiger partial charge in [0.15, 0.2) is 11.0 Å². The standard InChI is InChI=1S/C17H20FN7OS/c1-16(2,26)13-11(18)5-22-15(23-13)25-7-10-8-27-14(19)24-17(10,9-25)12-6-20-3-4-21-12/h3-6,10,26H,7-9H2,1-2H3,(H2,19,24)/t10-,17?/m0/s1. The number of rotatable bonds is 3. The maximum absolute atomic E-state index is 14.1. The predicted molar refractivity (Wildman–Crippen MR) is 101 cm³/mol. The van der Waals surface area contributed by atoms with Gasteiger partial charge in [0.05, 0.1) is 24.6 Å².